The number of benzene rings is 1. The summed E-state index contributed by atoms with van der Waals surface area (Å²) in [6, 6.07) is 10.3. The smallest absolute Gasteiger partial charge is 0.00474 e. The molecule has 0 amide bonds. The van der Waals surface area contributed by atoms with Crippen molar-refractivity contribution in [3.8, 4) is 0 Å². The highest BCUT2D eigenvalue weighted by molar-refractivity contribution is 8.93. The summed E-state index contributed by atoms with van der Waals surface area (Å²) in [6.45, 7) is 12.2. The standard InChI is InChI=1S/C7H8.C6H15N.BrH/c1-7-5-3-2-4-6-7;1-4-7(5-2)6-3;/h2-6H,1H3;4-6H2,1-3H3;1H. The molecule has 1 nitrogen and oxygen atoms in total. The van der Waals surface area contributed by atoms with Gasteiger partial charge in [0.25, 0.3) is 0 Å². The molecule has 0 radical (unpaired) electrons. The van der Waals surface area contributed by atoms with Crippen LogP contribution in [0.25, 0.3) is 0 Å². The summed E-state index contributed by atoms with van der Waals surface area (Å²) in [7, 11) is 0. The van der Waals surface area contributed by atoms with Crippen LogP contribution >= 0.6 is 17.0 Å². The van der Waals surface area contributed by atoms with Crippen LogP contribution in [-0.2, 0) is 0 Å². The molecule has 0 unspecified atom stereocenters. The molecule has 0 aliphatic carbocycles. The topological polar surface area (TPSA) is 3.24 Å². The number of nitrogens with zero attached hydrogens (tertiary/aromatic N) is 1. The summed E-state index contributed by atoms with van der Waals surface area (Å²) >= 11 is 0. The van der Waals surface area contributed by atoms with Crippen molar-refractivity contribution < 1.29 is 0 Å². The molecule has 0 bridgehead atoms. The molecule has 0 heterocycles. The van der Waals surface area contributed by atoms with Crippen LogP contribution in [0.2, 0.25) is 0 Å². The number of aryl methyl sites for hydroxylation is 1. The van der Waals surface area contributed by atoms with E-state index in [4.69, 9.17) is 0 Å². The third kappa shape index (κ3) is 9.95. The molecule has 1 aromatic carbocycles. The average molecular weight is 274 g/mol. The molecule has 0 fully saturated rings. The Balaban J connectivity index is 0. The van der Waals surface area contributed by atoms with E-state index in [2.05, 4.69) is 44.7 Å². The second-order valence-electron chi connectivity index (χ2n) is 3.27. The van der Waals surface area contributed by atoms with Crippen LogP contribution < -0.4 is 0 Å². The Labute approximate surface area is 105 Å². The van der Waals surface area contributed by atoms with Gasteiger partial charge in [-0.3, -0.25) is 0 Å². The van der Waals surface area contributed by atoms with Crippen molar-refractivity contribution in [1.82, 2.24) is 4.90 Å². The molecule has 1 aromatic rings. The predicted octanol–water partition coefficient (Wildman–Crippen LogP) is 3.92. The van der Waals surface area contributed by atoms with Crippen LogP contribution in [-0.4, -0.2) is 24.5 Å². The monoisotopic (exact) mass is 273 g/mol. The quantitative estimate of drug-likeness (QED) is 0.807. The van der Waals surface area contributed by atoms with E-state index < -0.39 is 0 Å². The summed E-state index contributed by atoms with van der Waals surface area (Å²) in [5.41, 5.74) is 1.32. The van der Waals surface area contributed by atoms with Crippen LogP contribution in [0.4, 0.5) is 0 Å². The zero-order valence-electron chi connectivity index (χ0n) is 10.4. The second kappa shape index (κ2) is 11.7. The number of hydrogen-bond acceptors (Lipinski definition) is 1. The third-order valence-corrected chi connectivity index (χ3v) is 2.28. The van der Waals surface area contributed by atoms with Crippen molar-refractivity contribution in [3.63, 3.8) is 0 Å². The summed E-state index contributed by atoms with van der Waals surface area (Å²) in [6.07, 6.45) is 0. The molecule has 2 heteroatoms. The van der Waals surface area contributed by atoms with Gasteiger partial charge in [0, 0.05) is 0 Å². The first-order valence-electron chi connectivity index (χ1n) is 5.48. The van der Waals surface area contributed by atoms with Crippen LogP contribution in [0, 0.1) is 6.92 Å². The van der Waals surface area contributed by atoms with E-state index in [0.717, 1.165) is 0 Å². The lowest BCUT2D eigenvalue weighted by atomic mass is 10.2. The Hall–Kier alpha value is -0.340. The van der Waals surface area contributed by atoms with Crippen molar-refractivity contribution >= 4 is 17.0 Å². The number of hydrogen-bond donors (Lipinski definition) is 0. The zero-order valence-corrected chi connectivity index (χ0v) is 12.1. The van der Waals surface area contributed by atoms with Crippen LogP contribution in [0.3, 0.4) is 0 Å². The van der Waals surface area contributed by atoms with E-state index in [1.165, 1.54) is 25.2 Å². The average Bonchev–Trinajstić information content (AvgIpc) is 2.22. The lowest BCUT2D eigenvalue weighted by Gasteiger charge is -2.13. The molecule has 0 aliphatic rings. The summed E-state index contributed by atoms with van der Waals surface area (Å²) in [5, 5.41) is 0. The number of halogens is 1. The van der Waals surface area contributed by atoms with Gasteiger partial charge in [-0.15, -0.1) is 17.0 Å². The lowest BCUT2D eigenvalue weighted by molar-refractivity contribution is 0.321. The molecule has 0 aromatic heterocycles. The molecule has 0 saturated heterocycles. The highest BCUT2D eigenvalue weighted by Gasteiger charge is 1.89. The van der Waals surface area contributed by atoms with Crippen molar-refractivity contribution in [3.05, 3.63) is 35.9 Å². The van der Waals surface area contributed by atoms with E-state index >= 15 is 0 Å². The Morgan fingerprint density at radius 1 is 0.867 bits per heavy atom. The molecule has 0 atom stereocenters. The first-order valence-corrected chi connectivity index (χ1v) is 5.48. The van der Waals surface area contributed by atoms with E-state index in [-0.39, 0.29) is 17.0 Å². The first kappa shape index (κ1) is 17.1. The summed E-state index contributed by atoms with van der Waals surface area (Å²) < 4.78 is 0. The second-order valence-corrected chi connectivity index (χ2v) is 3.27. The Kier molecular flexibility index (Phi) is 13.4. The molecule has 0 saturated carbocycles. The highest BCUT2D eigenvalue weighted by Crippen LogP contribution is 1.92. The lowest BCUT2D eigenvalue weighted by Crippen LogP contribution is -2.21. The van der Waals surface area contributed by atoms with Crippen LogP contribution in [0.5, 0.6) is 0 Å². The third-order valence-electron chi connectivity index (χ3n) is 2.28. The highest BCUT2D eigenvalue weighted by atomic mass is 79.9. The fraction of sp³-hybridized carbons (Fsp3) is 0.538. The Morgan fingerprint density at radius 2 is 1.27 bits per heavy atom. The Bertz CT molecular complexity index is 202. The SMILES string of the molecule is Br.CCN(CC)CC.Cc1ccccc1. The molecular weight excluding hydrogens is 250 g/mol. The van der Waals surface area contributed by atoms with E-state index in [1.807, 2.05) is 18.2 Å². The maximum Gasteiger partial charge on any atom is -0.00474 e. The van der Waals surface area contributed by atoms with Gasteiger partial charge >= 0.3 is 0 Å². The van der Waals surface area contributed by atoms with Crippen molar-refractivity contribution in [2.75, 3.05) is 19.6 Å². The minimum atomic E-state index is 0. The minimum absolute atomic E-state index is 0. The zero-order chi connectivity index (χ0) is 10.8. The van der Waals surface area contributed by atoms with E-state index in [1.54, 1.807) is 0 Å². The molecule has 15 heavy (non-hydrogen) atoms. The van der Waals surface area contributed by atoms with Crippen molar-refractivity contribution in [1.29, 1.82) is 0 Å². The fourth-order valence-corrected chi connectivity index (χ4v) is 1.21. The van der Waals surface area contributed by atoms with Gasteiger partial charge < -0.3 is 4.90 Å². The van der Waals surface area contributed by atoms with Gasteiger partial charge in [-0.25, -0.2) is 0 Å². The van der Waals surface area contributed by atoms with Crippen molar-refractivity contribution in [2.24, 2.45) is 0 Å². The fourth-order valence-electron chi connectivity index (χ4n) is 1.21. The van der Waals surface area contributed by atoms with Crippen molar-refractivity contribution in [2.45, 2.75) is 27.7 Å². The molecular formula is C13H24BrN. The maximum absolute atomic E-state index is 2.38. The van der Waals surface area contributed by atoms with Crippen LogP contribution in [0.1, 0.15) is 26.3 Å². The Morgan fingerprint density at radius 3 is 1.40 bits per heavy atom. The van der Waals surface area contributed by atoms with E-state index in [0.29, 0.717) is 0 Å². The molecule has 0 spiro atoms. The van der Waals surface area contributed by atoms with E-state index in [9.17, 15) is 0 Å². The maximum atomic E-state index is 2.38. The summed E-state index contributed by atoms with van der Waals surface area (Å²) in [4.78, 5) is 2.38. The van der Waals surface area contributed by atoms with Gasteiger partial charge in [-0.05, 0) is 26.6 Å². The minimum Gasteiger partial charge on any atom is -0.304 e. The largest absolute Gasteiger partial charge is 0.304 e. The van der Waals surface area contributed by atoms with Gasteiger partial charge in [0.2, 0.25) is 0 Å². The van der Waals surface area contributed by atoms with Gasteiger partial charge in [0.15, 0.2) is 0 Å². The summed E-state index contributed by atoms with van der Waals surface area (Å²) in [5.74, 6) is 0. The molecule has 0 aliphatic heterocycles. The van der Waals surface area contributed by atoms with Gasteiger partial charge in [-0.1, -0.05) is 56.7 Å². The molecule has 0 N–H and O–H groups in total. The van der Waals surface area contributed by atoms with Gasteiger partial charge in [0.1, 0.15) is 0 Å². The molecule has 1 rings (SSSR count). The number of rotatable bonds is 3. The predicted molar refractivity (Wildman–Crippen MR) is 75.0 cm³/mol. The molecule has 88 valence electrons. The first-order chi connectivity index (χ1) is 6.74. The van der Waals surface area contributed by atoms with Gasteiger partial charge in [0.05, 0.1) is 0 Å². The normalized spacial score (nSPS) is 8.87. The van der Waals surface area contributed by atoms with Crippen LogP contribution in [0.15, 0.2) is 30.3 Å². The van der Waals surface area contributed by atoms with Gasteiger partial charge in [-0.2, -0.15) is 0 Å².